The molecule has 90 valence electrons. The van der Waals surface area contributed by atoms with Crippen LogP contribution in [0.5, 0.6) is 0 Å². The second kappa shape index (κ2) is 4.80. The second-order valence-electron chi connectivity index (χ2n) is 3.73. The highest BCUT2D eigenvalue weighted by atomic mass is 35.5. The number of aryl methyl sites for hydroxylation is 1. The van der Waals surface area contributed by atoms with E-state index in [9.17, 15) is 4.79 Å². The number of carbonyl (C=O) groups excluding carboxylic acids is 1. The van der Waals surface area contributed by atoms with Gasteiger partial charge in [0.1, 0.15) is 0 Å². The van der Waals surface area contributed by atoms with Gasteiger partial charge in [-0.25, -0.2) is 4.79 Å². The molecule has 4 heteroatoms. The van der Waals surface area contributed by atoms with E-state index >= 15 is 0 Å². The monoisotopic (exact) mass is 251 g/mol. The lowest BCUT2D eigenvalue weighted by molar-refractivity contribution is 0.0529. The number of carbonyl (C=O) groups is 1. The Labute approximate surface area is 105 Å². The van der Waals surface area contributed by atoms with Crippen LogP contribution < -0.4 is 0 Å². The van der Waals surface area contributed by atoms with Crippen LogP contribution in [0.25, 0.3) is 5.52 Å². The van der Waals surface area contributed by atoms with E-state index in [1.54, 1.807) is 13.0 Å². The Morgan fingerprint density at radius 2 is 2.18 bits per heavy atom. The summed E-state index contributed by atoms with van der Waals surface area (Å²) in [6.45, 7) is 4.22. The Morgan fingerprint density at radius 3 is 2.82 bits per heavy atom. The third-order valence-electron chi connectivity index (χ3n) is 2.67. The number of aromatic nitrogens is 1. The maximum Gasteiger partial charge on any atom is 0.340 e. The topological polar surface area (TPSA) is 30.7 Å². The van der Waals surface area contributed by atoms with Gasteiger partial charge in [0.25, 0.3) is 0 Å². The van der Waals surface area contributed by atoms with E-state index < -0.39 is 0 Å². The van der Waals surface area contributed by atoms with Crippen molar-refractivity contribution in [3.8, 4) is 0 Å². The number of hydrogen-bond donors (Lipinski definition) is 0. The average molecular weight is 252 g/mol. The summed E-state index contributed by atoms with van der Waals surface area (Å²) in [6, 6.07) is 5.48. The molecule has 17 heavy (non-hydrogen) atoms. The summed E-state index contributed by atoms with van der Waals surface area (Å²) in [5.41, 5.74) is 2.48. The van der Waals surface area contributed by atoms with Gasteiger partial charge in [0.15, 0.2) is 0 Å². The number of fused-ring (bicyclic) bond motifs is 1. The van der Waals surface area contributed by atoms with Crippen LogP contribution in [0.2, 0.25) is 5.02 Å². The van der Waals surface area contributed by atoms with Gasteiger partial charge < -0.3 is 9.14 Å². The highest BCUT2D eigenvalue weighted by Crippen LogP contribution is 2.21. The van der Waals surface area contributed by atoms with Crippen LogP contribution in [0.15, 0.2) is 24.4 Å². The normalized spacial score (nSPS) is 10.8. The summed E-state index contributed by atoms with van der Waals surface area (Å²) in [4.78, 5) is 11.8. The van der Waals surface area contributed by atoms with Gasteiger partial charge in [-0.15, -0.1) is 0 Å². The van der Waals surface area contributed by atoms with Crippen LogP contribution >= 0.6 is 11.6 Å². The van der Waals surface area contributed by atoms with E-state index in [2.05, 4.69) is 0 Å². The van der Waals surface area contributed by atoms with E-state index in [0.29, 0.717) is 17.2 Å². The van der Waals surface area contributed by atoms with Crippen LogP contribution in [0.3, 0.4) is 0 Å². The quantitative estimate of drug-likeness (QED) is 0.784. The zero-order valence-electron chi connectivity index (χ0n) is 9.87. The zero-order chi connectivity index (χ0) is 12.4. The molecule has 0 saturated carbocycles. The molecule has 0 amide bonds. The number of rotatable bonds is 3. The van der Waals surface area contributed by atoms with Crippen molar-refractivity contribution >= 4 is 23.1 Å². The summed E-state index contributed by atoms with van der Waals surface area (Å²) in [5.74, 6) is -0.285. The van der Waals surface area contributed by atoms with E-state index in [0.717, 1.165) is 17.6 Å². The Bertz CT molecular complexity index is 560. The summed E-state index contributed by atoms with van der Waals surface area (Å²) < 4.78 is 6.98. The lowest BCUT2D eigenvalue weighted by atomic mass is 10.2. The van der Waals surface area contributed by atoms with Crippen molar-refractivity contribution < 1.29 is 9.53 Å². The first-order chi connectivity index (χ1) is 8.17. The average Bonchev–Trinajstić information content (AvgIpc) is 2.67. The smallest absolute Gasteiger partial charge is 0.340 e. The van der Waals surface area contributed by atoms with Crippen molar-refractivity contribution in [1.82, 2.24) is 4.40 Å². The largest absolute Gasteiger partial charge is 0.462 e. The first-order valence-electron chi connectivity index (χ1n) is 5.64. The third-order valence-corrected chi connectivity index (χ3v) is 2.89. The first-order valence-corrected chi connectivity index (χ1v) is 6.01. The number of ether oxygens (including phenoxy) is 1. The van der Waals surface area contributed by atoms with Gasteiger partial charge in [-0.1, -0.05) is 18.5 Å². The number of esters is 1. The molecule has 0 N–H and O–H groups in total. The van der Waals surface area contributed by atoms with E-state index in [1.807, 2.05) is 29.7 Å². The Hall–Kier alpha value is -1.48. The Balaban J connectivity index is 2.61. The molecular weight excluding hydrogens is 238 g/mol. The molecule has 0 unspecified atom stereocenters. The standard InChI is InChI=1S/C13H14ClNO2/c1-3-10-7-11(13(16)17-4-2)12-6-5-9(14)8-15(10)12/h5-8H,3-4H2,1-2H3. The maximum absolute atomic E-state index is 11.8. The predicted molar refractivity (Wildman–Crippen MR) is 67.7 cm³/mol. The van der Waals surface area contributed by atoms with Gasteiger partial charge in [-0.05, 0) is 31.5 Å². The van der Waals surface area contributed by atoms with Crippen molar-refractivity contribution in [2.24, 2.45) is 0 Å². The third kappa shape index (κ3) is 2.15. The van der Waals surface area contributed by atoms with Gasteiger partial charge in [0.2, 0.25) is 0 Å². The van der Waals surface area contributed by atoms with Gasteiger partial charge >= 0.3 is 5.97 Å². The molecule has 3 nitrogen and oxygen atoms in total. The van der Waals surface area contributed by atoms with Crippen LogP contribution in [-0.4, -0.2) is 17.0 Å². The lowest BCUT2D eigenvalue weighted by Gasteiger charge is -2.02. The minimum atomic E-state index is -0.285. The fraction of sp³-hybridized carbons (Fsp3) is 0.308. The fourth-order valence-corrected chi connectivity index (χ4v) is 2.05. The number of halogens is 1. The molecule has 0 aromatic carbocycles. The number of pyridine rings is 1. The first kappa shape index (κ1) is 12.0. The second-order valence-corrected chi connectivity index (χ2v) is 4.16. The molecule has 0 radical (unpaired) electrons. The molecule has 2 rings (SSSR count). The number of hydrogen-bond acceptors (Lipinski definition) is 2. The molecule has 0 bridgehead atoms. The SMILES string of the molecule is CCOC(=O)c1cc(CC)n2cc(Cl)ccc12. The summed E-state index contributed by atoms with van der Waals surface area (Å²) in [5, 5.41) is 0.651. The lowest BCUT2D eigenvalue weighted by Crippen LogP contribution is -2.03. The van der Waals surface area contributed by atoms with E-state index in [4.69, 9.17) is 16.3 Å². The molecule has 0 saturated heterocycles. The molecule has 0 spiro atoms. The molecule has 0 atom stereocenters. The van der Waals surface area contributed by atoms with Crippen LogP contribution in [0.4, 0.5) is 0 Å². The Morgan fingerprint density at radius 1 is 1.41 bits per heavy atom. The summed E-state index contributed by atoms with van der Waals surface area (Å²) >= 11 is 5.96. The van der Waals surface area contributed by atoms with Gasteiger partial charge in [0.05, 0.1) is 22.7 Å². The van der Waals surface area contributed by atoms with Crippen molar-refractivity contribution in [1.29, 1.82) is 0 Å². The Kier molecular flexibility index (Phi) is 3.38. The molecular formula is C13H14ClNO2. The fourth-order valence-electron chi connectivity index (χ4n) is 1.89. The minimum Gasteiger partial charge on any atom is -0.462 e. The van der Waals surface area contributed by atoms with E-state index in [-0.39, 0.29) is 5.97 Å². The van der Waals surface area contributed by atoms with Crippen molar-refractivity contribution in [3.63, 3.8) is 0 Å². The van der Waals surface area contributed by atoms with Crippen LogP contribution in [-0.2, 0) is 11.2 Å². The van der Waals surface area contributed by atoms with Gasteiger partial charge in [0, 0.05) is 11.9 Å². The molecule has 0 aliphatic rings. The highest BCUT2D eigenvalue weighted by Gasteiger charge is 2.15. The van der Waals surface area contributed by atoms with Crippen molar-refractivity contribution in [3.05, 3.63) is 40.7 Å². The van der Waals surface area contributed by atoms with Gasteiger partial charge in [-0.3, -0.25) is 0 Å². The predicted octanol–water partition coefficient (Wildman–Crippen LogP) is 3.33. The maximum atomic E-state index is 11.8. The molecule has 0 aliphatic heterocycles. The number of nitrogens with zero attached hydrogens (tertiary/aromatic N) is 1. The molecule has 2 aromatic heterocycles. The van der Waals surface area contributed by atoms with Crippen molar-refractivity contribution in [2.45, 2.75) is 20.3 Å². The molecule has 2 aromatic rings. The van der Waals surface area contributed by atoms with E-state index in [1.165, 1.54) is 0 Å². The van der Waals surface area contributed by atoms with Crippen LogP contribution in [0.1, 0.15) is 29.9 Å². The highest BCUT2D eigenvalue weighted by molar-refractivity contribution is 6.30. The van der Waals surface area contributed by atoms with Gasteiger partial charge in [-0.2, -0.15) is 0 Å². The summed E-state index contributed by atoms with van der Waals surface area (Å²) in [7, 11) is 0. The molecule has 0 fully saturated rings. The van der Waals surface area contributed by atoms with Crippen molar-refractivity contribution in [2.75, 3.05) is 6.61 Å². The zero-order valence-corrected chi connectivity index (χ0v) is 10.6. The minimum absolute atomic E-state index is 0.285. The van der Waals surface area contributed by atoms with Crippen LogP contribution in [0, 0.1) is 0 Å². The summed E-state index contributed by atoms with van der Waals surface area (Å²) in [6.07, 6.45) is 2.65. The molecule has 2 heterocycles. The molecule has 0 aliphatic carbocycles.